The molecule has 1 heterocycles. The van der Waals surface area contributed by atoms with E-state index >= 15 is 0 Å². The Labute approximate surface area is 96.7 Å². The van der Waals surface area contributed by atoms with Crippen LogP contribution in [0.5, 0.6) is 0 Å². The number of piperazine rings is 1. The third-order valence-electron chi connectivity index (χ3n) is 3.16. The summed E-state index contributed by atoms with van der Waals surface area (Å²) in [6, 6.07) is 10.8. The molecule has 1 saturated heterocycles. The number of benzene rings is 1. The van der Waals surface area contributed by atoms with Crippen molar-refractivity contribution < 1.29 is 4.79 Å². The number of amides is 1. The SMILES string of the molecule is CC(=O)N1CCN(c2ccccc2)[C@H](C)C1. The van der Waals surface area contributed by atoms with E-state index in [1.54, 1.807) is 6.92 Å². The van der Waals surface area contributed by atoms with Crippen molar-refractivity contribution in [3.8, 4) is 0 Å². The van der Waals surface area contributed by atoms with E-state index in [0.29, 0.717) is 6.04 Å². The lowest BCUT2D eigenvalue weighted by atomic mass is 10.1. The van der Waals surface area contributed by atoms with E-state index < -0.39 is 0 Å². The van der Waals surface area contributed by atoms with Gasteiger partial charge < -0.3 is 9.80 Å². The van der Waals surface area contributed by atoms with Crippen molar-refractivity contribution in [2.75, 3.05) is 24.5 Å². The average molecular weight is 218 g/mol. The van der Waals surface area contributed by atoms with E-state index in [4.69, 9.17) is 0 Å². The molecule has 1 amide bonds. The fraction of sp³-hybridized carbons (Fsp3) is 0.462. The Bertz CT molecular complexity index is 363. The second-order valence-electron chi connectivity index (χ2n) is 4.34. The van der Waals surface area contributed by atoms with E-state index in [-0.39, 0.29) is 5.91 Å². The van der Waals surface area contributed by atoms with Gasteiger partial charge >= 0.3 is 0 Å². The maximum atomic E-state index is 11.3. The van der Waals surface area contributed by atoms with Crippen molar-refractivity contribution in [2.24, 2.45) is 0 Å². The van der Waals surface area contributed by atoms with E-state index in [0.717, 1.165) is 19.6 Å². The summed E-state index contributed by atoms with van der Waals surface area (Å²) in [5, 5.41) is 0. The van der Waals surface area contributed by atoms with Crippen LogP contribution in [0.2, 0.25) is 0 Å². The van der Waals surface area contributed by atoms with Gasteiger partial charge in [0.1, 0.15) is 0 Å². The summed E-state index contributed by atoms with van der Waals surface area (Å²) in [6.07, 6.45) is 0. The second-order valence-corrected chi connectivity index (χ2v) is 4.34. The van der Waals surface area contributed by atoms with Crippen molar-refractivity contribution in [1.82, 2.24) is 4.90 Å². The van der Waals surface area contributed by atoms with Gasteiger partial charge in [-0.05, 0) is 19.1 Å². The maximum Gasteiger partial charge on any atom is 0.219 e. The first-order valence-corrected chi connectivity index (χ1v) is 5.75. The number of hydrogen-bond donors (Lipinski definition) is 0. The molecule has 0 bridgehead atoms. The number of nitrogens with zero attached hydrogens (tertiary/aromatic N) is 2. The van der Waals surface area contributed by atoms with Crippen molar-refractivity contribution in [3.05, 3.63) is 30.3 Å². The zero-order valence-corrected chi connectivity index (χ0v) is 9.89. The number of rotatable bonds is 1. The molecule has 1 aliphatic rings. The number of carbonyl (C=O) groups excluding carboxylic acids is 1. The smallest absolute Gasteiger partial charge is 0.219 e. The van der Waals surface area contributed by atoms with Crippen LogP contribution in [0.25, 0.3) is 0 Å². The van der Waals surface area contributed by atoms with Crippen LogP contribution >= 0.6 is 0 Å². The predicted molar refractivity (Wildman–Crippen MR) is 65.5 cm³/mol. The minimum absolute atomic E-state index is 0.180. The fourth-order valence-electron chi connectivity index (χ4n) is 2.25. The molecule has 0 aromatic heterocycles. The van der Waals surface area contributed by atoms with Gasteiger partial charge in [-0.3, -0.25) is 4.79 Å². The molecule has 16 heavy (non-hydrogen) atoms. The van der Waals surface area contributed by atoms with Gasteiger partial charge in [-0.2, -0.15) is 0 Å². The molecule has 0 unspecified atom stereocenters. The highest BCUT2D eigenvalue weighted by atomic mass is 16.2. The van der Waals surface area contributed by atoms with Crippen molar-refractivity contribution in [1.29, 1.82) is 0 Å². The van der Waals surface area contributed by atoms with Gasteiger partial charge in [-0.15, -0.1) is 0 Å². The standard InChI is InChI=1S/C13H18N2O/c1-11-10-14(12(2)16)8-9-15(11)13-6-4-3-5-7-13/h3-7,11H,8-10H2,1-2H3/t11-/m1/s1. The van der Waals surface area contributed by atoms with Gasteiger partial charge in [0, 0.05) is 38.3 Å². The van der Waals surface area contributed by atoms with Crippen LogP contribution in [0.1, 0.15) is 13.8 Å². The highest BCUT2D eigenvalue weighted by Crippen LogP contribution is 2.19. The average Bonchev–Trinajstić information content (AvgIpc) is 2.30. The molecule has 0 aliphatic carbocycles. The van der Waals surface area contributed by atoms with Crippen LogP contribution in [0.4, 0.5) is 5.69 Å². The Balaban J connectivity index is 2.08. The van der Waals surface area contributed by atoms with Gasteiger partial charge in [0.05, 0.1) is 0 Å². The zero-order chi connectivity index (χ0) is 11.5. The molecule has 0 radical (unpaired) electrons. The van der Waals surface area contributed by atoms with Gasteiger partial charge in [-0.1, -0.05) is 18.2 Å². The Kier molecular flexibility index (Phi) is 3.13. The topological polar surface area (TPSA) is 23.6 Å². The number of para-hydroxylation sites is 1. The lowest BCUT2D eigenvalue weighted by Gasteiger charge is -2.41. The summed E-state index contributed by atoms with van der Waals surface area (Å²) >= 11 is 0. The quantitative estimate of drug-likeness (QED) is 0.717. The van der Waals surface area contributed by atoms with Gasteiger partial charge in [0.25, 0.3) is 0 Å². The monoisotopic (exact) mass is 218 g/mol. The van der Waals surface area contributed by atoms with E-state index in [2.05, 4.69) is 36.1 Å². The summed E-state index contributed by atoms with van der Waals surface area (Å²) in [6.45, 7) is 6.39. The first kappa shape index (κ1) is 11.0. The van der Waals surface area contributed by atoms with E-state index in [9.17, 15) is 4.79 Å². The summed E-state index contributed by atoms with van der Waals surface area (Å²) in [4.78, 5) is 15.6. The molecule has 0 saturated carbocycles. The summed E-state index contributed by atoms with van der Waals surface area (Å²) in [7, 11) is 0. The molecule has 1 fully saturated rings. The van der Waals surface area contributed by atoms with Crippen LogP contribution < -0.4 is 4.90 Å². The molecule has 1 atom stereocenters. The van der Waals surface area contributed by atoms with Crippen molar-refractivity contribution in [2.45, 2.75) is 19.9 Å². The number of carbonyl (C=O) groups is 1. The predicted octanol–water partition coefficient (Wildman–Crippen LogP) is 1.74. The highest BCUT2D eigenvalue weighted by Gasteiger charge is 2.24. The van der Waals surface area contributed by atoms with Gasteiger partial charge in [0.15, 0.2) is 0 Å². The zero-order valence-electron chi connectivity index (χ0n) is 9.89. The largest absolute Gasteiger partial charge is 0.365 e. The van der Waals surface area contributed by atoms with Gasteiger partial charge in [0.2, 0.25) is 5.91 Å². The van der Waals surface area contributed by atoms with Crippen LogP contribution in [-0.2, 0) is 4.79 Å². The van der Waals surface area contributed by atoms with Crippen LogP contribution in [-0.4, -0.2) is 36.5 Å². The van der Waals surface area contributed by atoms with Gasteiger partial charge in [-0.25, -0.2) is 0 Å². The maximum absolute atomic E-state index is 11.3. The molecule has 3 nitrogen and oxygen atoms in total. The number of hydrogen-bond acceptors (Lipinski definition) is 2. The Morgan fingerprint density at radius 2 is 1.94 bits per heavy atom. The number of anilines is 1. The Morgan fingerprint density at radius 1 is 1.25 bits per heavy atom. The molecule has 1 aliphatic heterocycles. The van der Waals surface area contributed by atoms with E-state index in [1.807, 2.05) is 11.0 Å². The normalized spacial score (nSPS) is 21.0. The fourth-order valence-corrected chi connectivity index (χ4v) is 2.25. The van der Waals surface area contributed by atoms with Crippen molar-refractivity contribution >= 4 is 11.6 Å². The molecule has 3 heteroatoms. The first-order chi connectivity index (χ1) is 7.68. The summed E-state index contributed by atoms with van der Waals surface area (Å²) in [5.41, 5.74) is 1.25. The molecular formula is C13H18N2O. The molecule has 1 aromatic carbocycles. The van der Waals surface area contributed by atoms with Crippen LogP contribution in [0.3, 0.4) is 0 Å². The Morgan fingerprint density at radius 3 is 2.50 bits per heavy atom. The van der Waals surface area contributed by atoms with Crippen molar-refractivity contribution in [3.63, 3.8) is 0 Å². The third-order valence-corrected chi connectivity index (χ3v) is 3.16. The summed E-state index contributed by atoms with van der Waals surface area (Å²) < 4.78 is 0. The minimum Gasteiger partial charge on any atom is -0.365 e. The lowest BCUT2D eigenvalue weighted by molar-refractivity contribution is -0.129. The molecular weight excluding hydrogens is 200 g/mol. The minimum atomic E-state index is 0.180. The molecule has 86 valence electrons. The van der Waals surface area contributed by atoms with Crippen LogP contribution in [0, 0.1) is 0 Å². The Hall–Kier alpha value is -1.51. The second kappa shape index (κ2) is 4.56. The molecule has 2 rings (SSSR count). The molecule has 0 spiro atoms. The third kappa shape index (κ3) is 2.18. The summed E-state index contributed by atoms with van der Waals surface area (Å²) in [5.74, 6) is 0.180. The highest BCUT2D eigenvalue weighted by molar-refractivity contribution is 5.73. The molecule has 0 N–H and O–H groups in total. The van der Waals surface area contributed by atoms with E-state index in [1.165, 1.54) is 5.69 Å². The first-order valence-electron chi connectivity index (χ1n) is 5.75. The molecule has 1 aromatic rings. The lowest BCUT2D eigenvalue weighted by Crippen LogP contribution is -2.53. The van der Waals surface area contributed by atoms with Crippen LogP contribution in [0.15, 0.2) is 30.3 Å².